The Hall–Kier alpha value is -3.63. The molecular weight excluding hydrogens is 433 g/mol. The highest BCUT2D eigenvalue weighted by Crippen LogP contribution is 2.30. The van der Waals surface area contributed by atoms with Gasteiger partial charge in [0.05, 0.1) is 23.4 Å². The first-order chi connectivity index (χ1) is 14.5. The summed E-state index contributed by atoms with van der Waals surface area (Å²) in [5.74, 6) is 0.823. The summed E-state index contributed by atoms with van der Waals surface area (Å²) in [5.41, 5.74) is 4.23. The van der Waals surface area contributed by atoms with Gasteiger partial charge in [-0.05, 0) is 40.6 Å². The van der Waals surface area contributed by atoms with Crippen LogP contribution < -0.4 is 15.5 Å². The summed E-state index contributed by atoms with van der Waals surface area (Å²) in [4.78, 5) is 8.63. The zero-order valence-electron chi connectivity index (χ0n) is 15.3. The molecular formula is C18H13Cl2N7O3. The number of nitrogens with zero attached hydrogens (tertiary/aromatic N) is 5. The van der Waals surface area contributed by atoms with E-state index in [4.69, 9.17) is 27.9 Å². The molecule has 0 amide bonds. The number of nitrogens with one attached hydrogen (secondary N) is 2. The van der Waals surface area contributed by atoms with E-state index in [2.05, 4.69) is 40.8 Å². The van der Waals surface area contributed by atoms with Crippen LogP contribution in [0.2, 0.25) is 10.0 Å². The topological polar surface area (TPSA) is 131 Å². The number of phenols is 1. The van der Waals surface area contributed by atoms with Gasteiger partial charge in [-0.1, -0.05) is 29.3 Å². The van der Waals surface area contributed by atoms with E-state index in [1.54, 1.807) is 36.4 Å². The lowest BCUT2D eigenvalue weighted by Crippen LogP contribution is -2.03. The molecule has 3 N–H and O–H groups in total. The minimum atomic E-state index is -0.0399. The summed E-state index contributed by atoms with van der Waals surface area (Å²) in [6.45, 7) is 0. The summed E-state index contributed by atoms with van der Waals surface area (Å²) in [5, 5.41) is 25.5. The fourth-order valence-electron chi connectivity index (χ4n) is 2.48. The minimum Gasteiger partial charge on any atom is -0.504 e. The second-order valence-electron chi connectivity index (χ2n) is 5.85. The number of hydrogen-bond donors (Lipinski definition) is 3. The fraction of sp³-hybridized carbons (Fsp3) is 0.0556. The van der Waals surface area contributed by atoms with Gasteiger partial charge in [-0.2, -0.15) is 10.1 Å². The number of anilines is 3. The lowest BCUT2D eigenvalue weighted by atomic mass is 10.2. The molecule has 2 aromatic carbocycles. The Labute approximate surface area is 179 Å². The van der Waals surface area contributed by atoms with Gasteiger partial charge in [-0.3, -0.25) is 5.43 Å². The van der Waals surface area contributed by atoms with Gasteiger partial charge in [0.2, 0.25) is 11.3 Å². The van der Waals surface area contributed by atoms with Crippen molar-refractivity contribution >= 4 is 58.0 Å². The van der Waals surface area contributed by atoms with Crippen molar-refractivity contribution < 1.29 is 14.5 Å². The molecule has 0 aliphatic rings. The van der Waals surface area contributed by atoms with Crippen LogP contribution in [0.25, 0.3) is 11.3 Å². The van der Waals surface area contributed by atoms with E-state index >= 15 is 0 Å². The van der Waals surface area contributed by atoms with Gasteiger partial charge in [0.15, 0.2) is 23.1 Å². The summed E-state index contributed by atoms with van der Waals surface area (Å²) in [6.07, 6.45) is 1.41. The van der Waals surface area contributed by atoms with Gasteiger partial charge in [0.25, 0.3) is 0 Å². The van der Waals surface area contributed by atoms with Crippen LogP contribution in [0.15, 0.2) is 46.1 Å². The van der Waals surface area contributed by atoms with Crippen molar-refractivity contribution in [2.45, 2.75) is 0 Å². The zero-order valence-corrected chi connectivity index (χ0v) is 16.8. The third kappa shape index (κ3) is 4.04. The van der Waals surface area contributed by atoms with Crippen molar-refractivity contribution in [3.8, 4) is 11.5 Å². The first-order valence-corrected chi connectivity index (χ1v) is 9.18. The van der Waals surface area contributed by atoms with E-state index in [0.717, 1.165) is 0 Å². The van der Waals surface area contributed by atoms with Crippen LogP contribution in [0.1, 0.15) is 5.56 Å². The van der Waals surface area contributed by atoms with Crippen LogP contribution in [0.5, 0.6) is 11.5 Å². The van der Waals surface area contributed by atoms with Crippen molar-refractivity contribution in [1.82, 2.24) is 20.3 Å². The monoisotopic (exact) mass is 445 g/mol. The second-order valence-corrected chi connectivity index (χ2v) is 6.67. The number of rotatable bonds is 6. The highest BCUT2D eigenvalue weighted by molar-refractivity contribution is 6.42. The van der Waals surface area contributed by atoms with Gasteiger partial charge in [0.1, 0.15) is 0 Å². The molecule has 0 spiro atoms. The van der Waals surface area contributed by atoms with Gasteiger partial charge in [0, 0.05) is 11.3 Å². The first kappa shape index (κ1) is 19.7. The molecule has 2 heterocycles. The predicted octanol–water partition coefficient (Wildman–Crippen LogP) is 4.22. The van der Waals surface area contributed by atoms with Crippen LogP contribution in [0, 0.1) is 0 Å². The van der Waals surface area contributed by atoms with Gasteiger partial charge < -0.3 is 15.2 Å². The second kappa shape index (κ2) is 8.39. The van der Waals surface area contributed by atoms with Crippen LogP contribution in [0.3, 0.4) is 0 Å². The number of aromatic hydroxyl groups is 1. The molecule has 0 bridgehead atoms. The first-order valence-electron chi connectivity index (χ1n) is 8.42. The lowest BCUT2D eigenvalue weighted by molar-refractivity contribution is 0.314. The number of methoxy groups -OCH3 is 1. The molecule has 2 aromatic heterocycles. The smallest absolute Gasteiger partial charge is 0.245 e. The molecule has 0 saturated heterocycles. The molecule has 0 fully saturated rings. The van der Waals surface area contributed by atoms with Crippen LogP contribution in [-0.4, -0.2) is 38.7 Å². The largest absolute Gasteiger partial charge is 0.504 e. The molecule has 0 aliphatic carbocycles. The van der Waals surface area contributed by atoms with Crippen molar-refractivity contribution in [1.29, 1.82) is 0 Å². The summed E-state index contributed by atoms with van der Waals surface area (Å²) in [7, 11) is 1.46. The van der Waals surface area contributed by atoms with E-state index in [9.17, 15) is 5.11 Å². The maximum atomic E-state index is 10.2. The van der Waals surface area contributed by atoms with Crippen LogP contribution in [-0.2, 0) is 0 Å². The number of ether oxygens (including phenoxy) is 1. The molecule has 30 heavy (non-hydrogen) atoms. The number of phenolic OH excluding ortho intramolecular Hbond substituents is 1. The van der Waals surface area contributed by atoms with Crippen molar-refractivity contribution in [3.63, 3.8) is 0 Å². The number of fused-ring (bicyclic) bond motifs is 1. The van der Waals surface area contributed by atoms with Crippen LogP contribution in [0.4, 0.5) is 17.3 Å². The number of halogens is 2. The zero-order chi connectivity index (χ0) is 21.1. The predicted molar refractivity (Wildman–Crippen MR) is 113 cm³/mol. The third-order valence-corrected chi connectivity index (χ3v) is 4.66. The SMILES string of the molecule is COc1cccc(C=NNc2nc3nonc3nc2Nc2ccc(Cl)c(Cl)c2)c1O. The van der Waals surface area contributed by atoms with E-state index in [0.29, 0.717) is 32.9 Å². The molecule has 12 heteroatoms. The molecule has 0 atom stereocenters. The van der Waals surface area contributed by atoms with E-state index < -0.39 is 0 Å². The van der Waals surface area contributed by atoms with Gasteiger partial charge >= 0.3 is 0 Å². The molecule has 4 aromatic rings. The number of benzene rings is 2. The van der Waals surface area contributed by atoms with Crippen molar-refractivity contribution in [2.75, 3.05) is 17.9 Å². The molecule has 0 radical (unpaired) electrons. The highest BCUT2D eigenvalue weighted by atomic mass is 35.5. The van der Waals surface area contributed by atoms with Gasteiger partial charge in [-0.25, -0.2) is 9.61 Å². The Morgan fingerprint density at radius 1 is 1.07 bits per heavy atom. The molecule has 10 nitrogen and oxygen atoms in total. The van der Waals surface area contributed by atoms with Crippen molar-refractivity contribution in [2.24, 2.45) is 5.10 Å². The normalized spacial score (nSPS) is 11.2. The van der Waals surface area contributed by atoms with Gasteiger partial charge in [-0.15, -0.1) is 0 Å². The third-order valence-electron chi connectivity index (χ3n) is 3.92. The molecule has 4 rings (SSSR count). The fourth-order valence-corrected chi connectivity index (χ4v) is 2.78. The standard InChI is InChI=1S/C18H13Cl2N7O3/c1-29-13-4-2-3-9(14(13)28)8-21-25-16-15(23-17-18(24-16)27-30-26-17)22-10-5-6-11(19)12(20)7-10/h2-8,28H,1H3,(H,22,23,26)(H,24,25,27). The average molecular weight is 446 g/mol. The average Bonchev–Trinajstić information content (AvgIpc) is 3.19. The van der Waals surface area contributed by atoms with E-state index in [1.165, 1.54) is 13.3 Å². The Balaban J connectivity index is 1.64. The Morgan fingerprint density at radius 3 is 2.57 bits per heavy atom. The quantitative estimate of drug-likeness (QED) is 0.294. The van der Waals surface area contributed by atoms with E-state index in [1.807, 2.05) is 0 Å². The Kier molecular flexibility index (Phi) is 5.50. The lowest BCUT2D eigenvalue weighted by Gasteiger charge is -2.10. The van der Waals surface area contributed by atoms with Crippen molar-refractivity contribution in [3.05, 3.63) is 52.0 Å². The summed E-state index contributed by atoms with van der Waals surface area (Å²) < 4.78 is 9.75. The Bertz CT molecular complexity index is 1250. The maximum Gasteiger partial charge on any atom is 0.245 e. The Morgan fingerprint density at radius 2 is 1.83 bits per heavy atom. The minimum absolute atomic E-state index is 0.0399. The summed E-state index contributed by atoms with van der Waals surface area (Å²) in [6, 6.07) is 10.0. The molecule has 0 saturated carbocycles. The molecule has 0 aliphatic heterocycles. The molecule has 152 valence electrons. The summed E-state index contributed by atoms with van der Waals surface area (Å²) >= 11 is 12.0. The number of hydrazone groups is 1. The van der Waals surface area contributed by atoms with Crippen LogP contribution >= 0.6 is 23.2 Å². The number of hydrogen-bond acceptors (Lipinski definition) is 10. The highest BCUT2D eigenvalue weighted by Gasteiger charge is 2.13. The van der Waals surface area contributed by atoms with E-state index in [-0.39, 0.29) is 22.9 Å². The maximum absolute atomic E-state index is 10.2. The molecule has 0 unspecified atom stereocenters. The number of aromatic nitrogens is 4. The number of para-hydroxylation sites is 1.